The second-order valence-corrected chi connectivity index (χ2v) is 23.9. The number of allylic oxidation sites excluding steroid dienone is 4. The Hall–Kier alpha value is -8.96. The van der Waals surface area contributed by atoms with Gasteiger partial charge in [0.25, 0.3) is 0 Å². The van der Waals surface area contributed by atoms with Crippen LogP contribution in [-0.4, -0.2) is 9.13 Å². The molecule has 0 saturated carbocycles. The lowest BCUT2D eigenvalue weighted by atomic mass is 9.74. The Morgan fingerprint density at radius 3 is 1.82 bits per heavy atom. The third kappa shape index (κ3) is 6.50. The zero-order valence-electron chi connectivity index (χ0n) is 44.1. The molecule has 0 radical (unpaired) electrons. The molecular formula is C74H55N3S. The fourth-order valence-electron chi connectivity index (χ4n) is 14.2. The number of nitrogens with zero attached hydrogens (tertiary/aromatic N) is 3. The van der Waals surface area contributed by atoms with Gasteiger partial charge in [-0.25, -0.2) is 0 Å². The molecule has 1 atom stereocenters. The molecule has 3 aliphatic rings. The van der Waals surface area contributed by atoms with Crippen LogP contribution in [0.1, 0.15) is 56.4 Å². The second-order valence-electron chi connectivity index (χ2n) is 22.9. The molecule has 0 bridgehead atoms. The van der Waals surface area contributed by atoms with E-state index in [1.54, 1.807) is 0 Å². The maximum Gasteiger partial charge on any atom is 0.0585 e. The van der Waals surface area contributed by atoms with Crippen molar-refractivity contribution >= 4 is 81.2 Å². The second kappa shape index (κ2) is 16.8. The standard InChI is InChI=1S/C74H55N3S/c1-73(2)63-27-14-11-22-55(63)56-40-39-53(43-65(56)73)75(50-33-30-47(31-34-50)46-18-7-5-8-19-46)51-35-37-52(38-36-51)76-66-41-32-48(54-25-17-26-58-57-23-13-16-29-69(57)78-72(54)58)42-60(66)61-44-68-62(45-67(61)76)70-71(77(68)49-20-9-6-10-21-49)59-24-12-15-28-64(59)74(70,3)4/h5-42,44-45,65H,43H2,1-4H3. The summed E-state index contributed by atoms with van der Waals surface area (Å²) in [5.74, 6) is 0.362. The van der Waals surface area contributed by atoms with Crippen LogP contribution in [0.25, 0.3) is 103 Å². The van der Waals surface area contributed by atoms with Crippen LogP contribution < -0.4 is 4.90 Å². The summed E-state index contributed by atoms with van der Waals surface area (Å²) in [6, 6.07) is 86.3. The predicted octanol–water partition coefficient (Wildman–Crippen LogP) is 20.2. The van der Waals surface area contributed by atoms with Crippen molar-refractivity contribution in [2.45, 2.75) is 44.9 Å². The zero-order valence-corrected chi connectivity index (χ0v) is 44.9. The lowest BCUT2D eigenvalue weighted by molar-refractivity contribution is 0.406. The van der Waals surface area contributed by atoms with Gasteiger partial charge >= 0.3 is 0 Å². The molecular weight excluding hydrogens is 963 g/mol. The molecule has 1 unspecified atom stereocenters. The molecule has 3 heterocycles. The van der Waals surface area contributed by atoms with E-state index < -0.39 is 0 Å². The molecule has 0 N–H and O–H groups in total. The SMILES string of the molecule is CC1(C)c2ccccc2-c2c1c1cc3c(cc1n2-c1ccccc1)c1cc(-c2cccc4c2sc2ccccc24)ccc1n3-c1ccc(N(C2=CC=C3c4ccccc4C(C)(C)C3C2)c2ccc(-c3ccccc3)cc2)cc1. The topological polar surface area (TPSA) is 13.1 Å². The Bertz CT molecular complexity index is 4680. The number of aromatic nitrogens is 2. The zero-order chi connectivity index (χ0) is 52.0. The minimum absolute atomic E-state index is 0.00103. The summed E-state index contributed by atoms with van der Waals surface area (Å²) < 4.78 is 7.72. The molecule has 372 valence electrons. The first-order valence-electron chi connectivity index (χ1n) is 27.5. The Morgan fingerprint density at radius 2 is 1.03 bits per heavy atom. The highest BCUT2D eigenvalue weighted by Gasteiger charge is 2.45. The van der Waals surface area contributed by atoms with E-state index >= 15 is 0 Å². The number of fused-ring (bicyclic) bond motifs is 14. The smallest absolute Gasteiger partial charge is 0.0585 e. The first-order valence-corrected chi connectivity index (χ1v) is 28.3. The molecule has 0 fully saturated rings. The number of hydrogen-bond acceptors (Lipinski definition) is 2. The average molecular weight is 1020 g/mol. The van der Waals surface area contributed by atoms with Gasteiger partial charge in [-0.1, -0.05) is 185 Å². The molecule has 3 nitrogen and oxygen atoms in total. The monoisotopic (exact) mass is 1020 g/mol. The van der Waals surface area contributed by atoms with Crippen LogP contribution in [0.3, 0.4) is 0 Å². The van der Waals surface area contributed by atoms with Crippen LogP contribution in [-0.2, 0) is 10.8 Å². The summed E-state index contributed by atoms with van der Waals surface area (Å²) in [6.07, 6.45) is 5.73. The Balaban J connectivity index is 0.906. The van der Waals surface area contributed by atoms with Crippen LogP contribution in [0.4, 0.5) is 11.4 Å². The van der Waals surface area contributed by atoms with Crippen LogP contribution in [0.5, 0.6) is 0 Å². The van der Waals surface area contributed by atoms with E-state index in [9.17, 15) is 0 Å². The number of thiophene rings is 1. The van der Waals surface area contributed by atoms with Crippen molar-refractivity contribution in [1.29, 1.82) is 0 Å². The van der Waals surface area contributed by atoms with Crippen LogP contribution in [0.15, 0.2) is 248 Å². The van der Waals surface area contributed by atoms with Gasteiger partial charge in [-0.2, -0.15) is 0 Å². The molecule has 0 spiro atoms. The third-order valence-electron chi connectivity index (χ3n) is 18.0. The third-order valence-corrected chi connectivity index (χ3v) is 19.2. The van der Waals surface area contributed by atoms with Gasteiger partial charge in [0.05, 0.1) is 22.2 Å². The Labute approximate surface area is 458 Å². The Morgan fingerprint density at radius 1 is 0.436 bits per heavy atom. The fourth-order valence-corrected chi connectivity index (χ4v) is 15.5. The van der Waals surface area contributed by atoms with Crippen LogP contribution in [0, 0.1) is 5.92 Å². The van der Waals surface area contributed by atoms with Gasteiger partial charge in [0.2, 0.25) is 0 Å². The molecule has 0 amide bonds. The van der Waals surface area contributed by atoms with E-state index in [-0.39, 0.29) is 10.8 Å². The highest BCUT2D eigenvalue weighted by atomic mass is 32.1. The molecule has 0 saturated heterocycles. The molecule has 0 aliphatic heterocycles. The highest BCUT2D eigenvalue weighted by molar-refractivity contribution is 7.26. The van der Waals surface area contributed by atoms with E-state index in [2.05, 4.69) is 284 Å². The van der Waals surface area contributed by atoms with Gasteiger partial charge < -0.3 is 14.0 Å². The summed E-state index contributed by atoms with van der Waals surface area (Å²) in [4.78, 5) is 2.51. The highest BCUT2D eigenvalue weighted by Crippen LogP contribution is 2.57. The average Bonchev–Trinajstić information content (AvgIpc) is 4.30. The predicted molar refractivity (Wildman–Crippen MR) is 331 cm³/mol. The fraction of sp³-hybridized carbons (Fsp3) is 0.108. The van der Waals surface area contributed by atoms with Crippen molar-refractivity contribution in [3.05, 3.63) is 271 Å². The summed E-state index contributed by atoms with van der Waals surface area (Å²) in [5, 5.41) is 6.40. The minimum Gasteiger partial charge on any atom is -0.314 e. The van der Waals surface area contributed by atoms with Crippen LogP contribution >= 0.6 is 11.3 Å². The maximum atomic E-state index is 2.54. The number of anilines is 2. The summed E-state index contributed by atoms with van der Waals surface area (Å²) in [6.45, 7) is 9.70. The van der Waals surface area contributed by atoms with Gasteiger partial charge in [0.15, 0.2) is 0 Å². The van der Waals surface area contributed by atoms with Crippen molar-refractivity contribution in [2.24, 2.45) is 5.92 Å². The van der Waals surface area contributed by atoms with E-state index in [1.165, 1.54) is 126 Å². The van der Waals surface area contributed by atoms with Crippen molar-refractivity contribution in [1.82, 2.24) is 9.13 Å². The van der Waals surface area contributed by atoms with Crippen LogP contribution in [0.2, 0.25) is 0 Å². The van der Waals surface area contributed by atoms with E-state index in [1.807, 2.05) is 11.3 Å². The van der Waals surface area contributed by atoms with E-state index in [0.29, 0.717) is 5.92 Å². The number of para-hydroxylation sites is 1. The van der Waals surface area contributed by atoms with Gasteiger partial charge in [-0.15, -0.1) is 11.3 Å². The Kier molecular flexibility index (Phi) is 9.73. The van der Waals surface area contributed by atoms with Gasteiger partial charge in [-0.05, 0) is 153 Å². The molecule has 78 heavy (non-hydrogen) atoms. The number of benzene rings is 10. The summed E-state index contributed by atoms with van der Waals surface area (Å²) >= 11 is 1.90. The normalized spacial score (nSPS) is 15.9. The summed E-state index contributed by atoms with van der Waals surface area (Å²) in [7, 11) is 0. The van der Waals surface area contributed by atoms with Crippen molar-refractivity contribution < 1.29 is 0 Å². The minimum atomic E-state index is -0.213. The van der Waals surface area contributed by atoms with Crippen molar-refractivity contribution in [3.63, 3.8) is 0 Å². The number of rotatable bonds is 7. The van der Waals surface area contributed by atoms with Gasteiger partial charge in [-0.3, -0.25) is 0 Å². The molecule has 3 aromatic heterocycles. The quantitative estimate of drug-likeness (QED) is 0.155. The molecule has 10 aromatic carbocycles. The van der Waals surface area contributed by atoms with Gasteiger partial charge in [0, 0.05) is 75.8 Å². The molecule has 3 aliphatic carbocycles. The number of hydrogen-bond donors (Lipinski definition) is 0. The molecule has 4 heteroatoms. The lowest BCUT2D eigenvalue weighted by Gasteiger charge is -2.36. The largest absolute Gasteiger partial charge is 0.314 e. The van der Waals surface area contributed by atoms with Crippen molar-refractivity contribution in [2.75, 3.05) is 4.90 Å². The van der Waals surface area contributed by atoms with Gasteiger partial charge in [0.1, 0.15) is 0 Å². The summed E-state index contributed by atoms with van der Waals surface area (Å²) in [5.41, 5.74) is 23.9. The van der Waals surface area contributed by atoms with E-state index in [4.69, 9.17) is 0 Å². The molecule has 16 rings (SSSR count). The molecule has 13 aromatic rings. The maximum absolute atomic E-state index is 2.54. The lowest BCUT2D eigenvalue weighted by Crippen LogP contribution is -2.28. The first kappa shape index (κ1) is 45.3. The first-order chi connectivity index (χ1) is 38.2. The van der Waals surface area contributed by atoms with Crippen molar-refractivity contribution in [3.8, 4) is 44.9 Å². The van der Waals surface area contributed by atoms with E-state index in [0.717, 1.165) is 23.5 Å².